The van der Waals surface area contributed by atoms with Gasteiger partial charge in [-0.1, -0.05) is 37.5 Å². The lowest BCUT2D eigenvalue weighted by molar-refractivity contribution is -0.138. The molecule has 0 saturated carbocycles. The fourth-order valence-electron chi connectivity index (χ4n) is 4.41. The lowest BCUT2D eigenvalue weighted by Crippen LogP contribution is -2.47. The van der Waals surface area contributed by atoms with Crippen LogP contribution in [-0.4, -0.2) is 99.7 Å². The maximum absolute atomic E-state index is 12.6. The number of esters is 2. The minimum atomic E-state index is -0.689. The summed E-state index contributed by atoms with van der Waals surface area (Å²) in [5.74, 6) is -2.33. The second-order valence-electron chi connectivity index (χ2n) is 11.1. The standard InChI is InChI=1S/C33H52N6O8/c1-34-27(40)17-9-4-12-20-36-29(42)23-39(24-30(43)37-21-13-5-10-18-28(41)35-2)25-31(44)38-22-14-6-11-19-32(45)47-33(46)26-15-7-3-8-16-26/h3,7-8,15-16H,4-6,9-14,17-25H2,1-2H3,(H,34,40)(H,35,41)(H,36,42)(H,37,43)(H,38,44). The van der Waals surface area contributed by atoms with E-state index in [1.165, 1.54) is 4.90 Å². The first kappa shape index (κ1) is 40.7. The fraction of sp³-hybridized carbons (Fsp3) is 0.606. The van der Waals surface area contributed by atoms with Gasteiger partial charge in [-0.25, -0.2) is 4.79 Å². The van der Waals surface area contributed by atoms with Crippen molar-refractivity contribution < 1.29 is 38.3 Å². The van der Waals surface area contributed by atoms with Crippen LogP contribution in [0.1, 0.15) is 87.4 Å². The van der Waals surface area contributed by atoms with E-state index in [9.17, 15) is 33.6 Å². The molecule has 47 heavy (non-hydrogen) atoms. The third-order valence-corrected chi connectivity index (χ3v) is 7.06. The van der Waals surface area contributed by atoms with Gasteiger partial charge in [-0.15, -0.1) is 0 Å². The first-order valence-electron chi connectivity index (χ1n) is 16.4. The van der Waals surface area contributed by atoms with Crippen molar-refractivity contribution in [1.82, 2.24) is 31.5 Å². The number of hydrogen-bond donors (Lipinski definition) is 5. The first-order chi connectivity index (χ1) is 22.6. The lowest BCUT2D eigenvalue weighted by atomic mass is 10.2. The van der Waals surface area contributed by atoms with E-state index in [0.29, 0.717) is 83.0 Å². The van der Waals surface area contributed by atoms with E-state index >= 15 is 0 Å². The van der Waals surface area contributed by atoms with Gasteiger partial charge >= 0.3 is 11.9 Å². The van der Waals surface area contributed by atoms with Gasteiger partial charge in [0.25, 0.3) is 0 Å². The largest absolute Gasteiger partial charge is 0.389 e. The maximum atomic E-state index is 12.6. The molecule has 0 atom stereocenters. The summed E-state index contributed by atoms with van der Waals surface area (Å²) in [6.45, 7) is 0.734. The Morgan fingerprint density at radius 3 is 1.34 bits per heavy atom. The van der Waals surface area contributed by atoms with Crippen LogP contribution in [0.4, 0.5) is 0 Å². The van der Waals surface area contributed by atoms with Crippen molar-refractivity contribution in [1.29, 1.82) is 0 Å². The van der Waals surface area contributed by atoms with Crippen molar-refractivity contribution in [2.75, 3.05) is 53.4 Å². The monoisotopic (exact) mass is 660 g/mol. The second-order valence-corrected chi connectivity index (χ2v) is 11.1. The van der Waals surface area contributed by atoms with E-state index in [1.54, 1.807) is 44.4 Å². The number of nitrogens with one attached hydrogen (secondary N) is 5. The summed E-state index contributed by atoms with van der Waals surface area (Å²) in [6, 6.07) is 8.25. The molecule has 1 aromatic carbocycles. The molecule has 0 aliphatic heterocycles. The van der Waals surface area contributed by atoms with Gasteiger partial charge in [0.2, 0.25) is 29.5 Å². The molecular formula is C33H52N6O8. The van der Waals surface area contributed by atoms with Crippen LogP contribution in [0.5, 0.6) is 0 Å². The number of benzene rings is 1. The molecule has 0 aliphatic rings. The molecule has 14 nitrogen and oxygen atoms in total. The van der Waals surface area contributed by atoms with Crippen LogP contribution >= 0.6 is 0 Å². The average Bonchev–Trinajstić information content (AvgIpc) is 3.05. The summed E-state index contributed by atoms with van der Waals surface area (Å²) in [7, 11) is 3.18. The van der Waals surface area contributed by atoms with Gasteiger partial charge in [-0.3, -0.25) is 33.7 Å². The number of rotatable bonds is 25. The Morgan fingerprint density at radius 2 is 0.936 bits per heavy atom. The third kappa shape index (κ3) is 21.9. The van der Waals surface area contributed by atoms with Gasteiger partial charge in [0.05, 0.1) is 25.2 Å². The van der Waals surface area contributed by atoms with E-state index in [1.807, 2.05) is 0 Å². The summed E-state index contributed by atoms with van der Waals surface area (Å²) < 4.78 is 4.85. The lowest BCUT2D eigenvalue weighted by Gasteiger charge is -2.21. The van der Waals surface area contributed by atoms with Gasteiger partial charge in [-0.2, -0.15) is 0 Å². The Morgan fingerprint density at radius 1 is 0.532 bits per heavy atom. The van der Waals surface area contributed by atoms with Crippen molar-refractivity contribution >= 4 is 41.5 Å². The maximum Gasteiger partial charge on any atom is 0.345 e. The zero-order valence-electron chi connectivity index (χ0n) is 27.8. The highest BCUT2D eigenvalue weighted by Gasteiger charge is 2.18. The zero-order chi connectivity index (χ0) is 34.7. The molecule has 14 heteroatoms. The Bertz CT molecular complexity index is 1090. The smallest absolute Gasteiger partial charge is 0.345 e. The number of carbonyl (C=O) groups excluding carboxylic acids is 7. The molecule has 5 N–H and O–H groups in total. The summed E-state index contributed by atoms with van der Waals surface area (Å²) in [5, 5.41) is 13.5. The van der Waals surface area contributed by atoms with Crippen LogP contribution in [-0.2, 0) is 33.5 Å². The van der Waals surface area contributed by atoms with Crippen LogP contribution < -0.4 is 26.6 Å². The number of amides is 5. The Hall–Kier alpha value is -4.33. The summed E-state index contributed by atoms with van der Waals surface area (Å²) in [5.41, 5.74) is 0.302. The van der Waals surface area contributed by atoms with E-state index in [0.717, 1.165) is 12.8 Å². The SMILES string of the molecule is CNC(=O)CCCCCNC(=O)CN(CC(=O)NCCCCCC(=O)NC)CC(=O)NCCCCCC(=O)OC(=O)c1ccccc1. The number of ether oxygens (including phenoxy) is 1. The molecule has 262 valence electrons. The average molecular weight is 661 g/mol. The number of carbonyl (C=O) groups is 7. The van der Waals surface area contributed by atoms with Crippen LogP contribution in [0, 0.1) is 0 Å². The Balaban J connectivity index is 2.41. The molecule has 0 heterocycles. The van der Waals surface area contributed by atoms with Crippen molar-refractivity contribution in [3.8, 4) is 0 Å². The number of unbranched alkanes of at least 4 members (excludes halogenated alkanes) is 6. The molecule has 0 spiro atoms. The van der Waals surface area contributed by atoms with Crippen LogP contribution in [0.15, 0.2) is 30.3 Å². The molecule has 0 aliphatic carbocycles. The molecule has 1 rings (SSSR count). The minimum Gasteiger partial charge on any atom is -0.389 e. The fourth-order valence-corrected chi connectivity index (χ4v) is 4.41. The van der Waals surface area contributed by atoms with Gasteiger partial charge < -0.3 is 31.3 Å². The summed E-state index contributed by atoms with van der Waals surface area (Å²) in [6.07, 6.45) is 7.01. The van der Waals surface area contributed by atoms with Crippen molar-refractivity contribution in [2.45, 2.75) is 77.0 Å². The highest BCUT2D eigenvalue weighted by molar-refractivity contribution is 5.96. The zero-order valence-corrected chi connectivity index (χ0v) is 27.8. The Labute approximate surface area is 277 Å². The van der Waals surface area contributed by atoms with E-state index in [2.05, 4.69) is 26.6 Å². The van der Waals surface area contributed by atoms with Gasteiger partial charge in [0.1, 0.15) is 0 Å². The van der Waals surface area contributed by atoms with Crippen LogP contribution in [0.3, 0.4) is 0 Å². The van der Waals surface area contributed by atoms with E-state index < -0.39 is 11.9 Å². The third-order valence-electron chi connectivity index (χ3n) is 7.06. The van der Waals surface area contributed by atoms with Gasteiger partial charge in [-0.05, 0) is 50.7 Å². The predicted octanol–water partition coefficient (Wildman–Crippen LogP) is 1.19. The van der Waals surface area contributed by atoms with Crippen molar-refractivity contribution in [2.24, 2.45) is 0 Å². The molecule has 0 bridgehead atoms. The Kier molecular flexibility index (Phi) is 22.4. The van der Waals surface area contributed by atoms with Crippen LogP contribution in [0.2, 0.25) is 0 Å². The normalized spacial score (nSPS) is 10.5. The van der Waals surface area contributed by atoms with Crippen molar-refractivity contribution in [3.05, 3.63) is 35.9 Å². The summed E-state index contributed by atoms with van der Waals surface area (Å²) in [4.78, 5) is 85.8. The molecule has 0 fully saturated rings. The molecule has 0 radical (unpaired) electrons. The molecule has 1 aromatic rings. The molecule has 0 unspecified atom stereocenters. The highest BCUT2D eigenvalue weighted by Crippen LogP contribution is 2.06. The van der Waals surface area contributed by atoms with Crippen molar-refractivity contribution in [3.63, 3.8) is 0 Å². The van der Waals surface area contributed by atoms with E-state index in [-0.39, 0.29) is 55.6 Å². The molecule has 5 amide bonds. The number of hydrogen-bond acceptors (Lipinski definition) is 9. The van der Waals surface area contributed by atoms with Gasteiger partial charge in [0.15, 0.2) is 0 Å². The molecule has 0 aromatic heterocycles. The first-order valence-corrected chi connectivity index (χ1v) is 16.4. The van der Waals surface area contributed by atoms with Crippen LogP contribution in [0.25, 0.3) is 0 Å². The molecule has 0 saturated heterocycles. The topological polar surface area (TPSA) is 192 Å². The molecular weight excluding hydrogens is 608 g/mol. The number of nitrogens with zero attached hydrogens (tertiary/aromatic N) is 1. The predicted molar refractivity (Wildman–Crippen MR) is 176 cm³/mol. The van der Waals surface area contributed by atoms with E-state index in [4.69, 9.17) is 4.74 Å². The quantitative estimate of drug-likeness (QED) is 0.0582. The summed E-state index contributed by atoms with van der Waals surface area (Å²) >= 11 is 0. The van der Waals surface area contributed by atoms with Gasteiger partial charge in [0, 0.05) is 53.0 Å². The highest BCUT2D eigenvalue weighted by atomic mass is 16.6. The minimum absolute atomic E-state index is 0.0259. The second kappa shape index (κ2) is 25.8.